The number of hydrogen-bond acceptors (Lipinski definition) is 3. The Kier molecular flexibility index (Phi) is 6.25. The fourth-order valence-corrected chi connectivity index (χ4v) is 3.91. The topological polar surface area (TPSA) is 21.7 Å². The molecule has 0 saturated carbocycles. The van der Waals surface area contributed by atoms with Crippen LogP contribution in [0.15, 0.2) is 72.8 Å². The smallest absolute Gasteiger partial charge is 0.226 e. The first-order valence-electron chi connectivity index (χ1n) is 10.4. The third-order valence-electron chi connectivity index (χ3n) is 5.56. The van der Waals surface area contributed by atoms with Crippen LogP contribution in [0.25, 0.3) is 10.8 Å². The first kappa shape index (κ1) is 19.0. The van der Waals surface area contributed by atoms with Crippen molar-refractivity contribution >= 4 is 10.8 Å². The third kappa shape index (κ3) is 4.54. The largest absolute Gasteiger partial charge is 0.460 e. The summed E-state index contributed by atoms with van der Waals surface area (Å²) in [6.45, 7) is 5.25. The van der Waals surface area contributed by atoms with E-state index in [1.165, 1.54) is 37.7 Å². The maximum atomic E-state index is 6.41. The molecule has 4 rings (SSSR count). The number of ether oxygens (including phenoxy) is 2. The summed E-state index contributed by atoms with van der Waals surface area (Å²) in [5, 5.41) is 2.28. The molecule has 0 bridgehead atoms. The maximum Gasteiger partial charge on any atom is 0.226 e. The predicted molar refractivity (Wildman–Crippen MR) is 115 cm³/mol. The van der Waals surface area contributed by atoms with Crippen molar-refractivity contribution in [3.8, 4) is 5.75 Å². The van der Waals surface area contributed by atoms with Gasteiger partial charge in [0.05, 0.1) is 6.61 Å². The lowest BCUT2D eigenvalue weighted by molar-refractivity contribution is -0.0990. The van der Waals surface area contributed by atoms with Crippen molar-refractivity contribution < 1.29 is 9.47 Å². The number of likely N-dealkylation sites (tertiary alicyclic amines) is 1. The quantitative estimate of drug-likeness (QED) is 0.487. The van der Waals surface area contributed by atoms with E-state index in [1.54, 1.807) is 0 Å². The first-order chi connectivity index (χ1) is 13.8. The van der Waals surface area contributed by atoms with Crippen molar-refractivity contribution in [1.29, 1.82) is 0 Å². The minimum Gasteiger partial charge on any atom is -0.460 e. The molecule has 1 aliphatic rings. The van der Waals surface area contributed by atoms with Gasteiger partial charge in [-0.2, -0.15) is 0 Å². The molecular weight excluding hydrogens is 346 g/mol. The van der Waals surface area contributed by atoms with Crippen LogP contribution >= 0.6 is 0 Å². The Hall–Kier alpha value is -2.36. The van der Waals surface area contributed by atoms with E-state index >= 15 is 0 Å². The van der Waals surface area contributed by atoms with E-state index in [-0.39, 0.29) is 0 Å². The summed E-state index contributed by atoms with van der Waals surface area (Å²) in [4.78, 5) is 2.53. The highest BCUT2D eigenvalue weighted by Crippen LogP contribution is 2.30. The zero-order valence-electron chi connectivity index (χ0n) is 16.6. The van der Waals surface area contributed by atoms with Crippen LogP contribution in [0.3, 0.4) is 0 Å². The molecule has 0 spiro atoms. The molecule has 0 aliphatic carbocycles. The molecule has 0 amide bonds. The Balaban J connectivity index is 1.52. The van der Waals surface area contributed by atoms with Gasteiger partial charge in [0.15, 0.2) is 0 Å². The second-order valence-electron chi connectivity index (χ2n) is 7.62. The Bertz CT molecular complexity index is 869. The molecular formula is C25H29NO2. The second kappa shape index (κ2) is 9.22. The Morgan fingerprint density at radius 2 is 1.54 bits per heavy atom. The summed E-state index contributed by atoms with van der Waals surface area (Å²) in [6, 6.07) is 25.1. The fourth-order valence-electron chi connectivity index (χ4n) is 3.91. The minimum absolute atomic E-state index is 0.391. The molecule has 1 saturated heterocycles. The minimum atomic E-state index is -0.417. The SMILES string of the molecule is CC(COC(Oc1cccc2ccccc12)c1ccccc1)N1CCCCC1. The molecule has 3 aromatic carbocycles. The number of piperidine rings is 1. The van der Waals surface area contributed by atoms with E-state index in [0.29, 0.717) is 12.6 Å². The molecule has 0 N–H and O–H groups in total. The number of hydrogen-bond donors (Lipinski definition) is 0. The van der Waals surface area contributed by atoms with E-state index in [4.69, 9.17) is 9.47 Å². The van der Waals surface area contributed by atoms with Gasteiger partial charge in [0.1, 0.15) is 5.75 Å². The van der Waals surface area contributed by atoms with Crippen LogP contribution in [0.1, 0.15) is 38.0 Å². The molecule has 3 heteroatoms. The average Bonchev–Trinajstić information content (AvgIpc) is 2.77. The van der Waals surface area contributed by atoms with Gasteiger partial charge < -0.3 is 9.47 Å². The third-order valence-corrected chi connectivity index (χ3v) is 5.56. The number of benzene rings is 3. The van der Waals surface area contributed by atoms with Crippen molar-refractivity contribution in [3.05, 3.63) is 78.4 Å². The van der Waals surface area contributed by atoms with E-state index in [1.807, 2.05) is 36.4 Å². The normalized spacial score (nSPS) is 17.3. The summed E-state index contributed by atoms with van der Waals surface area (Å²) in [5.41, 5.74) is 1.04. The Labute approximate surface area is 167 Å². The molecule has 3 nitrogen and oxygen atoms in total. The van der Waals surface area contributed by atoms with Gasteiger partial charge in [-0.25, -0.2) is 0 Å². The molecule has 2 atom stereocenters. The van der Waals surface area contributed by atoms with E-state index in [0.717, 1.165) is 16.7 Å². The summed E-state index contributed by atoms with van der Waals surface area (Å²) in [7, 11) is 0. The standard InChI is InChI=1S/C25H29NO2/c1-20(26-17-8-3-9-18-26)19-27-25(22-12-4-2-5-13-22)28-24-16-10-14-21-11-6-7-15-23(21)24/h2,4-7,10-16,20,25H,3,8-9,17-19H2,1H3. The molecule has 1 heterocycles. The zero-order valence-corrected chi connectivity index (χ0v) is 16.6. The van der Waals surface area contributed by atoms with Gasteiger partial charge >= 0.3 is 0 Å². The van der Waals surface area contributed by atoms with Crippen LogP contribution in [-0.2, 0) is 4.74 Å². The van der Waals surface area contributed by atoms with Crippen molar-refractivity contribution in [2.45, 2.75) is 38.5 Å². The van der Waals surface area contributed by atoms with E-state index in [9.17, 15) is 0 Å². The van der Waals surface area contributed by atoms with E-state index < -0.39 is 6.29 Å². The summed E-state index contributed by atoms with van der Waals surface area (Å²) < 4.78 is 12.7. The summed E-state index contributed by atoms with van der Waals surface area (Å²) in [6.07, 6.45) is 3.51. The number of fused-ring (bicyclic) bond motifs is 1. The van der Waals surface area contributed by atoms with Crippen molar-refractivity contribution in [2.75, 3.05) is 19.7 Å². The molecule has 3 aromatic rings. The molecule has 0 aromatic heterocycles. The lowest BCUT2D eigenvalue weighted by Crippen LogP contribution is -2.40. The Morgan fingerprint density at radius 3 is 2.36 bits per heavy atom. The van der Waals surface area contributed by atoms with E-state index in [2.05, 4.69) is 48.2 Å². The van der Waals surface area contributed by atoms with Gasteiger partial charge in [-0.3, -0.25) is 4.90 Å². The fraction of sp³-hybridized carbons (Fsp3) is 0.360. The number of rotatable bonds is 7. The van der Waals surface area contributed by atoms with Gasteiger partial charge in [0.2, 0.25) is 6.29 Å². The predicted octanol–water partition coefficient (Wildman–Crippen LogP) is 5.81. The van der Waals surface area contributed by atoms with Gasteiger partial charge in [-0.15, -0.1) is 0 Å². The lowest BCUT2D eigenvalue weighted by Gasteiger charge is -2.33. The number of nitrogens with zero attached hydrogens (tertiary/aromatic N) is 1. The highest BCUT2D eigenvalue weighted by molar-refractivity contribution is 5.88. The lowest BCUT2D eigenvalue weighted by atomic mass is 10.1. The molecule has 2 unspecified atom stereocenters. The van der Waals surface area contributed by atoms with Gasteiger partial charge in [-0.1, -0.05) is 73.2 Å². The summed E-state index contributed by atoms with van der Waals surface area (Å²) in [5.74, 6) is 0.859. The summed E-state index contributed by atoms with van der Waals surface area (Å²) >= 11 is 0. The van der Waals surface area contributed by atoms with Crippen LogP contribution in [0.5, 0.6) is 5.75 Å². The molecule has 28 heavy (non-hydrogen) atoms. The van der Waals surface area contributed by atoms with Gasteiger partial charge in [0.25, 0.3) is 0 Å². The van der Waals surface area contributed by atoms with Crippen LogP contribution in [0.2, 0.25) is 0 Å². The molecule has 146 valence electrons. The monoisotopic (exact) mass is 375 g/mol. The average molecular weight is 376 g/mol. The maximum absolute atomic E-state index is 6.41. The van der Waals surface area contributed by atoms with Crippen LogP contribution in [-0.4, -0.2) is 30.6 Å². The first-order valence-corrected chi connectivity index (χ1v) is 10.4. The van der Waals surface area contributed by atoms with Crippen LogP contribution in [0, 0.1) is 0 Å². The second-order valence-corrected chi connectivity index (χ2v) is 7.62. The molecule has 1 aliphatic heterocycles. The zero-order chi connectivity index (χ0) is 19.2. The molecule has 1 fully saturated rings. The highest BCUT2D eigenvalue weighted by Gasteiger charge is 2.21. The van der Waals surface area contributed by atoms with Crippen molar-refractivity contribution in [1.82, 2.24) is 4.90 Å². The Morgan fingerprint density at radius 1 is 0.821 bits per heavy atom. The highest BCUT2D eigenvalue weighted by atomic mass is 16.7. The van der Waals surface area contributed by atoms with Crippen LogP contribution < -0.4 is 4.74 Å². The molecule has 0 radical (unpaired) electrons. The van der Waals surface area contributed by atoms with Crippen molar-refractivity contribution in [2.24, 2.45) is 0 Å². The van der Waals surface area contributed by atoms with Gasteiger partial charge in [-0.05, 0) is 44.3 Å². The van der Waals surface area contributed by atoms with Crippen molar-refractivity contribution in [3.63, 3.8) is 0 Å². The van der Waals surface area contributed by atoms with Gasteiger partial charge in [0, 0.05) is 17.0 Å². The van der Waals surface area contributed by atoms with Crippen LogP contribution in [0.4, 0.5) is 0 Å².